The van der Waals surface area contributed by atoms with Crippen LogP contribution in [0.5, 0.6) is 5.75 Å². The summed E-state index contributed by atoms with van der Waals surface area (Å²) in [6.07, 6.45) is 3.42. The summed E-state index contributed by atoms with van der Waals surface area (Å²) in [6.45, 7) is 0. The van der Waals surface area contributed by atoms with E-state index in [2.05, 4.69) is 10.3 Å². The number of rotatable bonds is 3. The Morgan fingerprint density at radius 3 is 2.78 bits per heavy atom. The van der Waals surface area contributed by atoms with Gasteiger partial charge in [0.05, 0.1) is 7.11 Å². The molecule has 1 atom stereocenters. The number of ether oxygens (including phenoxy) is 1. The first-order chi connectivity index (χ1) is 13.0. The van der Waals surface area contributed by atoms with E-state index in [9.17, 15) is 4.39 Å². The third kappa shape index (κ3) is 2.95. The molecule has 2 heterocycles. The SMILES string of the molecule is COc1cccnc1C1(N)C=C(c2cc(Cl)ccc2F)Nc2ccccc21. The van der Waals surface area contributed by atoms with Gasteiger partial charge in [0.25, 0.3) is 0 Å². The van der Waals surface area contributed by atoms with Crippen molar-refractivity contribution in [1.29, 1.82) is 0 Å². The van der Waals surface area contributed by atoms with Crippen LogP contribution in [0.1, 0.15) is 16.8 Å². The van der Waals surface area contributed by atoms with Crippen LogP contribution in [0.25, 0.3) is 5.70 Å². The maximum Gasteiger partial charge on any atom is 0.142 e. The lowest BCUT2D eigenvalue weighted by atomic mass is 9.81. The van der Waals surface area contributed by atoms with E-state index in [1.807, 2.05) is 24.3 Å². The molecule has 4 rings (SSSR count). The van der Waals surface area contributed by atoms with E-state index in [4.69, 9.17) is 22.1 Å². The van der Waals surface area contributed by atoms with Crippen molar-refractivity contribution in [3.63, 3.8) is 0 Å². The Kier molecular flexibility index (Phi) is 4.34. The smallest absolute Gasteiger partial charge is 0.142 e. The Hall–Kier alpha value is -2.89. The molecule has 0 aliphatic carbocycles. The molecule has 1 aliphatic rings. The predicted molar refractivity (Wildman–Crippen MR) is 105 cm³/mol. The fourth-order valence-electron chi connectivity index (χ4n) is 3.35. The van der Waals surface area contributed by atoms with Gasteiger partial charge in [-0.2, -0.15) is 0 Å². The molecule has 0 saturated heterocycles. The zero-order chi connectivity index (χ0) is 19.0. The van der Waals surface area contributed by atoms with Gasteiger partial charge in [-0.3, -0.25) is 4.98 Å². The van der Waals surface area contributed by atoms with Gasteiger partial charge in [0, 0.05) is 33.7 Å². The quantitative estimate of drug-likeness (QED) is 0.698. The Morgan fingerprint density at radius 2 is 1.96 bits per heavy atom. The first-order valence-electron chi connectivity index (χ1n) is 8.36. The molecule has 2 aromatic carbocycles. The maximum atomic E-state index is 14.5. The summed E-state index contributed by atoms with van der Waals surface area (Å²) in [5.74, 6) is 0.159. The molecule has 3 aromatic rings. The second-order valence-corrected chi connectivity index (χ2v) is 6.71. The van der Waals surface area contributed by atoms with E-state index < -0.39 is 11.4 Å². The molecule has 1 aromatic heterocycles. The Bertz CT molecular complexity index is 1050. The van der Waals surface area contributed by atoms with Crippen LogP contribution in [-0.2, 0) is 5.54 Å². The van der Waals surface area contributed by atoms with Gasteiger partial charge in [-0.1, -0.05) is 29.8 Å². The van der Waals surface area contributed by atoms with Gasteiger partial charge in [0.2, 0.25) is 0 Å². The van der Waals surface area contributed by atoms with Crippen molar-refractivity contribution in [3.8, 4) is 5.75 Å². The normalized spacial score (nSPS) is 18.3. The number of para-hydroxylation sites is 1. The zero-order valence-electron chi connectivity index (χ0n) is 14.5. The number of fused-ring (bicyclic) bond motifs is 1. The highest BCUT2D eigenvalue weighted by molar-refractivity contribution is 6.30. The van der Waals surface area contributed by atoms with Crippen LogP contribution in [0.2, 0.25) is 5.02 Å². The molecule has 3 N–H and O–H groups in total. The van der Waals surface area contributed by atoms with E-state index >= 15 is 0 Å². The number of nitrogens with zero attached hydrogens (tertiary/aromatic N) is 1. The summed E-state index contributed by atoms with van der Waals surface area (Å²) < 4.78 is 20.0. The number of halogens is 2. The molecule has 0 radical (unpaired) electrons. The lowest BCUT2D eigenvalue weighted by Crippen LogP contribution is -2.40. The van der Waals surface area contributed by atoms with Crippen LogP contribution in [0.3, 0.4) is 0 Å². The van der Waals surface area contributed by atoms with Crippen LogP contribution in [0.4, 0.5) is 10.1 Å². The second-order valence-electron chi connectivity index (χ2n) is 6.28. The largest absolute Gasteiger partial charge is 0.495 e. The number of nitrogens with two attached hydrogens (primary N) is 1. The molecule has 27 heavy (non-hydrogen) atoms. The topological polar surface area (TPSA) is 60.2 Å². The minimum atomic E-state index is -1.11. The lowest BCUT2D eigenvalue weighted by Gasteiger charge is -2.35. The molecule has 0 amide bonds. The molecular weight excluding hydrogens is 365 g/mol. The highest BCUT2D eigenvalue weighted by atomic mass is 35.5. The van der Waals surface area contributed by atoms with Gasteiger partial charge in [-0.15, -0.1) is 0 Å². The van der Waals surface area contributed by atoms with E-state index in [1.165, 1.54) is 12.1 Å². The summed E-state index contributed by atoms with van der Waals surface area (Å²) in [6, 6.07) is 15.6. The van der Waals surface area contributed by atoms with Gasteiger partial charge in [-0.05, 0) is 42.5 Å². The number of aromatic nitrogens is 1. The molecule has 6 heteroatoms. The van der Waals surface area contributed by atoms with Crippen LogP contribution < -0.4 is 15.8 Å². The van der Waals surface area contributed by atoms with Gasteiger partial charge < -0.3 is 15.8 Å². The second kappa shape index (κ2) is 6.68. The fourth-order valence-corrected chi connectivity index (χ4v) is 3.52. The molecule has 0 spiro atoms. The van der Waals surface area contributed by atoms with E-state index in [0.717, 1.165) is 11.3 Å². The van der Waals surface area contributed by atoms with Crippen molar-refractivity contribution in [2.75, 3.05) is 12.4 Å². The number of anilines is 1. The first kappa shape index (κ1) is 17.5. The summed E-state index contributed by atoms with van der Waals surface area (Å²) in [5, 5.41) is 3.69. The minimum absolute atomic E-state index is 0.335. The molecule has 1 unspecified atom stereocenters. The lowest BCUT2D eigenvalue weighted by molar-refractivity contribution is 0.398. The Balaban J connectivity index is 1.98. The average molecular weight is 382 g/mol. The number of nitrogens with one attached hydrogen (secondary N) is 1. The average Bonchev–Trinajstić information content (AvgIpc) is 2.69. The number of methoxy groups -OCH3 is 1. The third-order valence-corrected chi connectivity index (χ3v) is 4.85. The summed E-state index contributed by atoms with van der Waals surface area (Å²) >= 11 is 6.09. The molecule has 0 saturated carbocycles. The molecule has 4 nitrogen and oxygen atoms in total. The van der Waals surface area contributed by atoms with E-state index in [-0.39, 0.29) is 0 Å². The fraction of sp³-hybridized carbons (Fsp3) is 0.0952. The van der Waals surface area contributed by atoms with Gasteiger partial charge in [0.15, 0.2) is 0 Å². The van der Waals surface area contributed by atoms with Crippen LogP contribution in [-0.4, -0.2) is 12.1 Å². The van der Waals surface area contributed by atoms with Crippen LogP contribution >= 0.6 is 11.6 Å². The van der Waals surface area contributed by atoms with Gasteiger partial charge in [-0.25, -0.2) is 4.39 Å². The Morgan fingerprint density at radius 1 is 1.15 bits per heavy atom. The highest BCUT2D eigenvalue weighted by Gasteiger charge is 2.38. The monoisotopic (exact) mass is 381 g/mol. The zero-order valence-corrected chi connectivity index (χ0v) is 15.3. The van der Waals surface area contributed by atoms with Crippen molar-refractivity contribution >= 4 is 23.0 Å². The predicted octanol–water partition coefficient (Wildman–Crippen LogP) is 4.55. The first-order valence-corrected chi connectivity index (χ1v) is 8.74. The molecule has 0 fully saturated rings. The molecular formula is C21H17ClFN3O. The van der Waals surface area contributed by atoms with Crippen molar-refractivity contribution in [2.24, 2.45) is 5.73 Å². The van der Waals surface area contributed by atoms with Crippen LogP contribution in [0.15, 0.2) is 66.9 Å². The maximum absolute atomic E-state index is 14.5. The number of benzene rings is 2. The Labute approximate surface area is 161 Å². The summed E-state index contributed by atoms with van der Waals surface area (Å²) in [4.78, 5) is 4.47. The van der Waals surface area contributed by atoms with Crippen molar-refractivity contribution in [2.45, 2.75) is 5.54 Å². The van der Waals surface area contributed by atoms with Gasteiger partial charge in [0.1, 0.15) is 22.8 Å². The molecule has 1 aliphatic heterocycles. The van der Waals surface area contributed by atoms with Gasteiger partial charge >= 0.3 is 0 Å². The van der Waals surface area contributed by atoms with E-state index in [1.54, 1.807) is 37.6 Å². The summed E-state index contributed by atoms with van der Waals surface area (Å²) in [7, 11) is 1.57. The minimum Gasteiger partial charge on any atom is -0.495 e. The standard InChI is InChI=1S/C21H17ClFN3O/c1-27-19-7-4-10-25-20(19)21(24)12-18(14-11-13(22)8-9-16(14)23)26-17-6-3-2-5-15(17)21/h2-12,26H,24H2,1H3. The summed E-state index contributed by atoms with van der Waals surface area (Å²) in [5.41, 5.74) is 8.73. The third-order valence-electron chi connectivity index (χ3n) is 4.62. The van der Waals surface area contributed by atoms with Crippen molar-refractivity contribution in [3.05, 3.63) is 94.5 Å². The number of pyridine rings is 1. The molecule has 136 valence electrons. The number of hydrogen-bond donors (Lipinski definition) is 2. The van der Waals surface area contributed by atoms with Crippen LogP contribution in [0, 0.1) is 5.82 Å². The molecule has 0 bridgehead atoms. The van der Waals surface area contributed by atoms with Crippen molar-refractivity contribution in [1.82, 2.24) is 4.98 Å². The number of hydrogen-bond acceptors (Lipinski definition) is 4. The highest BCUT2D eigenvalue weighted by Crippen LogP contribution is 2.43. The van der Waals surface area contributed by atoms with E-state index in [0.29, 0.717) is 27.7 Å². The van der Waals surface area contributed by atoms with Crippen molar-refractivity contribution < 1.29 is 9.13 Å².